The lowest BCUT2D eigenvalue weighted by Crippen LogP contribution is -2.35. The second kappa shape index (κ2) is 4.99. The molecule has 6 nitrogen and oxygen atoms in total. The van der Waals surface area contributed by atoms with Crippen LogP contribution >= 0.6 is 0 Å². The number of sulfonamides is 1. The van der Waals surface area contributed by atoms with Gasteiger partial charge in [-0.1, -0.05) is 0 Å². The molecule has 0 spiro atoms. The van der Waals surface area contributed by atoms with Crippen molar-refractivity contribution < 1.29 is 13.2 Å². The van der Waals surface area contributed by atoms with Crippen molar-refractivity contribution in [2.45, 2.75) is 17.4 Å². The van der Waals surface area contributed by atoms with E-state index in [2.05, 4.69) is 15.0 Å². The van der Waals surface area contributed by atoms with E-state index in [4.69, 9.17) is 4.74 Å². The maximum absolute atomic E-state index is 12.0. The van der Waals surface area contributed by atoms with Crippen LogP contribution in [0.15, 0.2) is 23.2 Å². The second-order valence-electron chi connectivity index (χ2n) is 3.81. The molecule has 94 valence electrons. The minimum Gasteiger partial charge on any atom is -0.380 e. The number of hydrogen-bond acceptors (Lipinski definition) is 5. The summed E-state index contributed by atoms with van der Waals surface area (Å²) in [6, 6.07) is 2.84. The van der Waals surface area contributed by atoms with Gasteiger partial charge in [-0.05, 0) is 12.5 Å². The second-order valence-corrected chi connectivity index (χ2v) is 5.52. The Kier molecular flexibility index (Phi) is 3.60. The summed E-state index contributed by atoms with van der Waals surface area (Å²) in [6.07, 6.45) is 2.18. The predicted molar refractivity (Wildman–Crippen MR) is 63.3 cm³/mol. The van der Waals surface area contributed by atoms with Crippen molar-refractivity contribution in [3.8, 4) is 0 Å². The van der Waals surface area contributed by atoms with Crippen molar-refractivity contribution in [3.63, 3.8) is 0 Å². The lowest BCUT2D eigenvalue weighted by molar-refractivity contribution is 0.192. The molecule has 17 heavy (non-hydrogen) atoms. The standard InChI is InChI=1S/C10H15N3O3S/c1-11-10-6-9(2-4-12-10)17(14,15)13-8-3-5-16-7-8/h2,4,6,8,13H,3,5,7H2,1H3,(H,11,12). The molecule has 0 aliphatic carbocycles. The van der Waals surface area contributed by atoms with Crippen LogP contribution in [0.4, 0.5) is 5.82 Å². The van der Waals surface area contributed by atoms with E-state index in [0.29, 0.717) is 25.5 Å². The summed E-state index contributed by atoms with van der Waals surface area (Å²) in [5.41, 5.74) is 0. The zero-order valence-electron chi connectivity index (χ0n) is 9.51. The van der Waals surface area contributed by atoms with E-state index in [1.54, 1.807) is 7.05 Å². The van der Waals surface area contributed by atoms with Crippen LogP contribution in [-0.2, 0) is 14.8 Å². The Bertz CT molecular complexity index is 483. The largest absolute Gasteiger partial charge is 0.380 e. The predicted octanol–water partition coefficient (Wildman–Crippen LogP) is 0.190. The van der Waals surface area contributed by atoms with E-state index in [9.17, 15) is 8.42 Å². The number of ether oxygens (including phenoxy) is 1. The summed E-state index contributed by atoms with van der Waals surface area (Å²) in [5, 5.41) is 2.81. The van der Waals surface area contributed by atoms with Crippen LogP contribution in [0.25, 0.3) is 0 Å². The minimum atomic E-state index is -3.49. The van der Waals surface area contributed by atoms with Crippen molar-refractivity contribution in [1.29, 1.82) is 0 Å². The SMILES string of the molecule is CNc1cc(S(=O)(=O)NC2CCOC2)ccn1. The average molecular weight is 257 g/mol. The van der Waals surface area contributed by atoms with Crippen molar-refractivity contribution >= 4 is 15.8 Å². The van der Waals surface area contributed by atoms with Gasteiger partial charge < -0.3 is 10.1 Å². The molecule has 1 saturated heterocycles. The van der Waals surface area contributed by atoms with Crippen molar-refractivity contribution in [2.24, 2.45) is 0 Å². The lowest BCUT2D eigenvalue weighted by atomic mass is 10.3. The monoisotopic (exact) mass is 257 g/mol. The molecule has 2 rings (SSSR count). The van der Waals surface area contributed by atoms with Crippen LogP contribution in [-0.4, -0.2) is 39.7 Å². The lowest BCUT2D eigenvalue weighted by Gasteiger charge is -2.11. The Morgan fingerprint density at radius 1 is 1.53 bits per heavy atom. The molecule has 1 atom stereocenters. The Labute approximate surface area is 100 Å². The van der Waals surface area contributed by atoms with Gasteiger partial charge in [-0.15, -0.1) is 0 Å². The first-order valence-electron chi connectivity index (χ1n) is 5.36. The Hall–Kier alpha value is -1.18. The fraction of sp³-hybridized carbons (Fsp3) is 0.500. The first-order chi connectivity index (χ1) is 8.12. The Morgan fingerprint density at radius 2 is 2.35 bits per heavy atom. The smallest absolute Gasteiger partial charge is 0.241 e. The fourth-order valence-corrected chi connectivity index (χ4v) is 2.90. The van der Waals surface area contributed by atoms with Crippen LogP contribution in [0.3, 0.4) is 0 Å². The van der Waals surface area contributed by atoms with Gasteiger partial charge in [0, 0.05) is 32.0 Å². The Morgan fingerprint density at radius 3 is 3.00 bits per heavy atom. The maximum Gasteiger partial charge on any atom is 0.241 e. The van der Waals surface area contributed by atoms with E-state index >= 15 is 0 Å². The van der Waals surface area contributed by atoms with Crippen LogP contribution < -0.4 is 10.0 Å². The molecule has 0 radical (unpaired) electrons. The quantitative estimate of drug-likeness (QED) is 0.805. The highest BCUT2D eigenvalue weighted by atomic mass is 32.2. The fourth-order valence-electron chi connectivity index (χ4n) is 1.63. The number of nitrogens with zero attached hydrogens (tertiary/aromatic N) is 1. The van der Waals surface area contributed by atoms with E-state index < -0.39 is 10.0 Å². The molecule has 0 amide bonds. The zero-order valence-corrected chi connectivity index (χ0v) is 10.3. The molecule has 1 aromatic rings. The first-order valence-corrected chi connectivity index (χ1v) is 6.84. The van der Waals surface area contributed by atoms with E-state index in [1.165, 1.54) is 18.3 Å². The molecule has 2 heterocycles. The third kappa shape index (κ3) is 2.93. The highest BCUT2D eigenvalue weighted by molar-refractivity contribution is 7.89. The number of pyridine rings is 1. The average Bonchev–Trinajstić information content (AvgIpc) is 2.81. The summed E-state index contributed by atoms with van der Waals surface area (Å²) in [5.74, 6) is 0.524. The minimum absolute atomic E-state index is 0.133. The number of aromatic nitrogens is 1. The van der Waals surface area contributed by atoms with Gasteiger partial charge in [0.25, 0.3) is 0 Å². The summed E-state index contributed by atoms with van der Waals surface area (Å²) >= 11 is 0. The first kappa shape index (κ1) is 12.3. The molecule has 2 N–H and O–H groups in total. The number of anilines is 1. The molecular formula is C10H15N3O3S. The summed E-state index contributed by atoms with van der Waals surface area (Å²) in [6.45, 7) is 1.04. The van der Waals surface area contributed by atoms with Crippen LogP contribution in [0.5, 0.6) is 0 Å². The number of nitrogens with one attached hydrogen (secondary N) is 2. The van der Waals surface area contributed by atoms with Gasteiger partial charge in [-0.2, -0.15) is 0 Å². The van der Waals surface area contributed by atoms with Gasteiger partial charge in [-0.25, -0.2) is 18.1 Å². The van der Waals surface area contributed by atoms with Gasteiger partial charge in [-0.3, -0.25) is 0 Å². The molecule has 0 aromatic carbocycles. The molecular weight excluding hydrogens is 242 g/mol. The van der Waals surface area contributed by atoms with Gasteiger partial charge in [0.2, 0.25) is 10.0 Å². The molecule has 1 aliphatic heterocycles. The molecule has 0 saturated carbocycles. The summed E-state index contributed by atoms with van der Waals surface area (Å²) in [7, 11) is -1.79. The normalized spacial score (nSPS) is 20.4. The van der Waals surface area contributed by atoms with Gasteiger partial charge in [0.1, 0.15) is 5.82 Å². The maximum atomic E-state index is 12.0. The van der Waals surface area contributed by atoms with Crippen LogP contribution in [0, 0.1) is 0 Å². The van der Waals surface area contributed by atoms with Gasteiger partial charge in [0.05, 0.1) is 11.5 Å². The van der Waals surface area contributed by atoms with E-state index in [-0.39, 0.29) is 10.9 Å². The topological polar surface area (TPSA) is 80.3 Å². The third-order valence-corrected chi connectivity index (χ3v) is 4.07. The van der Waals surface area contributed by atoms with Crippen LogP contribution in [0.1, 0.15) is 6.42 Å². The number of hydrogen-bond donors (Lipinski definition) is 2. The van der Waals surface area contributed by atoms with Gasteiger partial charge >= 0.3 is 0 Å². The highest BCUT2D eigenvalue weighted by Crippen LogP contribution is 2.14. The van der Waals surface area contributed by atoms with E-state index in [0.717, 1.165) is 0 Å². The summed E-state index contributed by atoms with van der Waals surface area (Å²) < 4.78 is 31.8. The molecule has 1 aliphatic rings. The van der Waals surface area contributed by atoms with Crippen LogP contribution in [0.2, 0.25) is 0 Å². The number of rotatable bonds is 4. The molecule has 7 heteroatoms. The zero-order chi connectivity index (χ0) is 12.3. The highest BCUT2D eigenvalue weighted by Gasteiger charge is 2.23. The van der Waals surface area contributed by atoms with Crippen molar-refractivity contribution in [2.75, 3.05) is 25.6 Å². The van der Waals surface area contributed by atoms with Gasteiger partial charge in [0.15, 0.2) is 0 Å². The molecule has 1 unspecified atom stereocenters. The molecule has 1 fully saturated rings. The Balaban J connectivity index is 2.18. The molecule has 1 aromatic heterocycles. The van der Waals surface area contributed by atoms with Crippen molar-refractivity contribution in [1.82, 2.24) is 9.71 Å². The third-order valence-electron chi connectivity index (χ3n) is 2.55. The van der Waals surface area contributed by atoms with E-state index in [1.807, 2.05) is 0 Å². The molecule has 0 bridgehead atoms. The van der Waals surface area contributed by atoms with Crippen molar-refractivity contribution in [3.05, 3.63) is 18.3 Å². The summed E-state index contributed by atoms with van der Waals surface area (Å²) in [4.78, 5) is 4.19.